The molecule has 0 aromatic rings. The molecule has 3 aliphatic heterocycles. The number of aliphatic hydroxyl groups is 1. The molecule has 7 nitrogen and oxygen atoms in total. The quantitative estimate of drug-likeness (QED) is 0.592. The van der Waals surface area contributed by atoms with Crippen LogP contribution in [0.4, 0.5) is 0 Å². The molecule has 2 unspecified atom stereocenters. The molecule has 0 aromatic heterocycles. The second kappa shape index (κ2) is 8.19. The Balaban J connectivity index is 1.74. The van der Waals surface area contributed by atoms with Crippen LogP contribution in [0.25, 0.3) is 0 Å². The Morgan fingerprint density at radius 2 is 2.03 bits per heavy atom. The van der Waals surface area contributed by atoms with Crippen molar-refractivity contribution in [3.05, 3.63) is 12.7 Å². The molecule has 2 bridgehead atoms. The van der Waals surface area contributed by atoms with Gasteiger partial charge in [-0.25, -0.2) is 0 Å². The van der Waals surface area contributed by atoms with Gasteiger partial charge >= 0.3 is 5.97 Å². The number of aliphatic hydroxyl groups excluding tert-OH is 1. The third kappa shape index (κ3) is 3.09. The number of hydrogen-bond acceptors (Lipinski definition) is 5. The van der Waals surface area contributed by atoms with Gasteiger partial charge < -0.3 is 20.0 Å². The minimum Gasteiger partial charge on any atom is -0.481 e. The minimum absolute atomic E-state index is 0.0999. The summed E-state index contributed by atoms with van der Waals surface area (Å²) in [5.74, 6) is -2.78. The average Bonchev–Trinajstić information content (AvgIpc) is 3.39. The van der Waals surface area contributed by atoms with E-state index in [0.29, 0.717) is 19.4 Å². The molecule has 4 rings (SSSR count). The molecule has 2 amide bonds. The molecule has 0 radical (unpaired) electrons. The first-order chi connectivity index (χ1) is 14.4. The van der Waals surface area contributed by atoms with Crippen molar-refractivity contribution >= 4 is 29.5 Å². The van der Waals surface area contributed by atoms with Gasteiger partial charge in [-0.1, -0.05) is 25.3 Å². The van der Waals surface area contributed by atoms with Gasteiger partial charge in [0.1, 0.15) is 6.04 Å². The third-order valence-electron chi connectivity index (χ3n) is 7.62. The molecule has 3 heterocycles. The minimum atomic E-state index is -0.952. The van der Waals surface area contributed by atoms with Crippen molar-refractivity contribution < 1.29 is 24.6 Å². The predicted octanol–water partition coefficient (Wildman–Crippen LogP) is 1.89. The van der Waals surface area contributed by atoms with E-state index in [2.05, 4.69) is 6.58 Å². The SMILES string of the molecule is C=CCN(C(=O)C1N([C@H](C)CO)C(=O)[C@@H]2[C@@H](C(=O)O)[C@H]3CCC12S3)C1CCCCC1. The van der Waals surface area contributed by atoms with E-state index in [4.69, 9.17) is 0 Å². The summed E-state index contributed by atoms with van der Waals surface area (Å²) in [5, 5.41) is 19.6. The fraction of sp³-hybridized carbons (Fsp3) is 0.773. The molecule has 1 spiro atoms. The molecule has 3 saturated heterocycles. The lowest BCUT2D eigenvalue weighted by atomic mass is 9.71. The molecular weight excluding hydrogens is 404 g/mol. The maximum absolute atomic E-state index is 14.1. The van der Waals surface area contributed by atoms with Gasteiger partial charge in [0, 0.05) is 17.8 Å². The van der Waals surface area contributed by atoms with Crippen LogP contribution in [0.3, 0.4) is 0 Å². The molecule has 8 heteroatoms. The van der Waals surface area contributed by atoms with E-state index in [1.807, 2.05) is 4.90 Å². The van der Waals surface area contributed by atoms with Gasteiger partial charge in [0.25, 0.3) is 0 Å². The van der Waals surface area contributed by atoms with E-state index in [9.17, 15) is 24.6 Å². The number of carbonyl (C=O) groups excluding carboxylic acids is 2. The first kappa shape index (κ1) is 21.7. The van der Waals surface area contributed by atoms with Crippen LogP contribution in [0.2, 0.25) is 0 Å². The number of amides is 2. The van der Waals surface area contributed by atoms with E-state index in [1.165, 1.54) is 11.3 Å². The Morgan fingerprint density at radius 1 is 1.33 bits per heavy atom. The number of carbonyl (C=O) groups is 3. The Hall–Kier alpha value is -1.54. The van der Waals surface area contributed by atoms with Gasteiger partial charge in [0.05, 0.1) is 29.2 Å². The van der Waals surface area contributed by atoms with Crippen molar-refractivity contribution in [2.24, 2.45) is 11.8 Å². The second-order valence-electron chi connectivity index (χ2n) is 9.24. The van der Waals surface area contributed by atoms with Crippen LogP contribution in [0.5, 0.6) is 0 Å². The van der Waals surface area contributed by atoms with Crippen LogP contribution < -0.4 is 0 Å². The standard InChI is InChI=1S/C22H32N2O5S/c1-3-11-23(14-7-5-4-6-8-14)20(27)18-22-10-9-15(30-22)16(21(28)29)17(22)19(26)24(18)13(2)12-25/h3,13-18,25H,1,4-12H2,2H3,(H,28,29)/t13-,15-,16+,17+,18?,22?/m1/s1. The Kier molecular flexibility index (Phi) is 5.92. The summed E-state index contributed by atoms with van der Waals surface area (Å²) in [6.45, 7) is 5.75. The van der Waals surface area contributed by atoms with Crippen molar-refractivity contribution in [3.63, 3.8) is 0 Å². The molecule has 166 valence electrons. The highest BCUT2D eigenvalue weighted by molar-refractivity contribution is 8.02. The van der Waals surface area contributed by atoms with Crippen molar-refractivity contribution in [2.75, 3.05) is 13.2 Å². The van der Waals surface area contributed by atoms with Crippen LogP contribution in [-0.4, -0.2) is 79.1 Å². The lowest BCUT2D eigenvalue weighted by molar-refractivity contribution is -0.150. The molecule has 30 heavy (non-hydrogen) atoms. The van der Waals surface area contributed by atoms with E-state index < -0.39 is 34.6 Å². The summed E-state index contributed by atoms with van der Waals surface area (Å²) in [7, 11) is 0. The van der Waals surface area contributed by atoms with Gasteiger partial charge in [-0.15, -0.1) is 18.3 Å². The maximum Gasteiger partial charge on any atom is 0.308 e. The van der Waals surface area contributed by atoms with Crippen molar-refractivity contribution in [3.8, 4) is 0 Å². The topological polar surface area (TPSA) is 98.2 Å². The molecule has 0 aromatic carbocycles. The zero-order valence-corrected chi connectivity index (χ0v) is 18.4. The smallest absolute Gasteiger partial charge is 0.308 e. The van der Waals surface area contributed by atoms with Crippen molar-refractivity contribution in [2.45, 2.75) is 80.0 Å². The van der Waals surface area contributed by atoms with Crippen molar-refractivity contribution in [1.29, 1.82) is 0 Å². The highest BCUT2D eigenvalue weighted by atomic mass is 32.2. The number of carboxylic acids is 1. The summed E-state index contributed by atoms with van der Waals surface area (Å²) in [6, 6.07) is -1.13. The lowest BCUT2D eigenvalue weighted by Gasteiger charge is -2.42. The summed E-state index contributed by atoms with van der Waals surface area (Å²) in [6.07, 6.45) is 8.33. The average molecular weight is 437 g/mol. The Labute approximate surface area is 181 Å². The van der Waals surface area contributed by atoms with Crippen LogP contribution in [0, 0.1) is 11.8 Å². The van der Waals surface area contributed by atoms with Gasteiger partial charge in [-0.05, 0) is 32.6 Å². The van der Waals surface area contributed by atoms with Crippen LogP contribution in [0.15, 0.2) is 12.7 Å². The number of thioether (sulfide) groups is 1. The lowest BCUT2D eigenvalue weighted by Crippen LogP contribution is -2.58. The summed E-state index contributed by atoms with van der Waals surface area (Å²) in [5.41, 5.74) is 0. The van der Waals surface area contributed by atoms with E-state index in [-0.39, 0.29) is 29.7 Å². The van der Waals surface area contributed by atoms with Gasteiger partial charge in [-0.2, -0.15) is 0 Å². The monoisotopic (exact) mass is 436 g/mol. The number of rotatable bonds is 7. The van der Waals surface area contributed by atoms with E-state index in [0.717, 1.165) is 25.7 Å². The Bertz CT molecular complexity index is 739. The third-order valence-corrected chi connectivity index (χ3v) is 9.57. The number of fused-ring (bicyclic) bond motifs is 1. The Morgan fingerprint density at radius 3 is 2.63 bits per heavy atom. The highest BCUT2D eigenvalue weighted by Gasteiger charge is 2.74. The van der Waals surface area contributed by atoms with Gasteiger partial charge in [-0.3, -0.25) is 14.4 Å². The highest BCUT2D eigenvalue weighted by Crippen LogP contribution is 2.66. The first-order valence-electron chi connectivity index (χ1n) is 11.1. The van der Waals surface area contributed by atoms with Crippen LogP contribution in [-0.2, 0) is 14.4 Å². The number of aliphatic carboxylic acids is 1. The van der Waals surface area contributed by atoms with Crippen molar-refractivity contribution in [1.82, 2.24) is 9.80 Å². The van der Waals surface area contributed by atoms with Gasteiger partial charge in [0.2, 0.25) is 11.8 Å². The molecule has 1 aliphatic carbocycles. The van der Waals surface area contributed by atoms with Gasteiger partial charge in [0.15, 0.2) is 0 Å². The van der Waals surface area contributed by atoms with E-state index in [1.54, 1.807) is 24.8 Å². The molecular formula is C22H32N2O5S. The predicted molar refractivity (Wildman–Crippen MR) is 114 cm³/mol. The van der Waals surface area contributed by atoms with Crippen LogP contribution in [0.1, 0.15) is 51.9 Å². The largest absolute Gasteiger partial charge is 0.481 e. The molecule has 4 fully saturated rings. The number of nitrogens with zero attached hydrogens (tertiary/aromatic N) is 2. The molecule has 2 N–H and O–H groups in total. The fourth-order valence-corrected chi connectivity index (χ4v) is 8.51. The van der Waals surface area contributed by atoms with Crippen LogP contribution >= 0.6 is 11.8 Å². The summed E-state index contributed by atoms with van der Waals surface area (Å²) < 4.78 is -0.709. The molecule has 6 atom stereocenters. The van der Waals surface area contributed by atoms with E-state index >= 15 is 0 Å². The molecule has 1 saturated carbocycles. The zero-order valence-electron chi connectivity index (χ0n) is 17.5. The number of carboxylic acid groups (broad SMARTS) is 1. The maximum atomic E-state index is 14.1. The summed E-state index contributed by atoms with van der Waals surface area (Å²) in [4.78, 5) is 43.0. The zero-order chi connectivity index (χ0) is 21.6. The normalized spacial score (nSPS) is 36.6. The first-order valence-corrected chi connectivity index (χ1v) is 12.0. The molecule has 4 aliphatic rings. The second-order valence-corrected chi connectivity index (χ2v) is 10.8. The fourth-order valence-electron chi connectivity index (χ4n) is 6.32. The number of hydrogen-bond donors (Lipinski definition) is 2. The number of likely N-dealkylation sites (tertiary alicyclic amines) is 1. The summed E-state index contributed by atoms with van der Waals surface area (Å²) >= 11 is 1.54.